The summed E-state index contributed by atoms with van der Waals surface area (Å²) in [6, 6.07) is 0.448. The van der Waals surface area contributed by atoms with E-state index in [1.165, 1.54) is 11.1 Å². The van der Waals surface area contributed by atoms with Crippen LogP contribution in [-0.2, 0) is 4.79 Å². The first-order valence-electron chi connectivity index (χ1n) is 6.41. The zero-order valence-electron chi connectivity index (χ0n) is 11.6. The van der Waals surface area contributed by atoms with Crippen molar-refractivity contribution in [2.45, 2.75) is 59.5 Å². The second kappa shape index (κ2) is 5.90. The molecule has 0 bridgehead atoms. The smallest absolute Gasteiger partial charge is 0.238 e. The summed E-state index contributed by atoms with van der Waals surface area (Å²) in [6.07, 6.45) is 2.22. The third kappa shape index (κ3) is 3.25. The quantitative estimate of drug-likeness (QED) is 0.559. The minimum Gasteiger partial charge on any atom is -0.333 e. The van der Waals surface area contributed by atoms with E-state index < -0.39 is 0 Å². The van der Waals surface area contributed by atoms with Gasteiger partial charge >= 0.3 is 0 Å². The van der Waals surface area contributed by atoms with Gasteiger partial charge in [-0.15, -0.1) is 11.6 Å². The predicted octanol–water partition coefficient (Wildman–Crippen LogP) is 3.60. The number of rotatable bonds is 3. The van der Waals surface area contributed by atoms with Gasteiger partial charge < -0.3 is 4.90 Å². The van der Waals surface area contributed by atoms with Crippen LogP contribution in [0.1, 0.15) is 47.5 Å². The van der Waals surface area contributed by atoms with Crippen LogP contribution in [0.4, 0.5) is 0 Å². The molecule has 0 fully saturated rings. The van der Waals surface area contributed by atoms with Crippen LogP contribution < -0.4 is 0 Å². The van der Waals surface area contributed by atoms with Gasteiger partial charge in [-0.25, -0.2) is 0 Å². The number of alkyl halides is 1. The van der Waals surface area contributed by atoms with Crippen LogP contribution in [0.15, 0.2) is 11.1 Å². The Morgan fingerprint density at radius 1 is 1.47 bits per heavy atom. The van der Waals surface area contributed by atoms with Crippen molar-refractivity contribution in [3.63, 3.8) is 0 Å². The molecule has 0 saturated carbocycles. The van der Waals surface area contributed by atoms with Crippen molar-refractivity contribution in [2.24, 2.45) is 5.92 Å². The summed E-state index contributed by atoms with van der Waals surface area (Å²) >= 11 is 5.72. The first-order chi connectivity index (χ1) is 7.88. The molecule has 1 amide bonds. The summed E-state index contributed by atoms with van der Waals surface area (Å²) in [5.74, 6) is 0.774. The first kappa shape index (κ1) is 14.6. The summed E-state index contributed by atoms with van der Waals surface area (Å²) in [5, 5.41) is 0. The third-order valence-corrected chi connectivity index (χ3v) is 3.98. The predicted molar refractivity (Wildman–Crippen MR) is 73.3 cm³/mol. The number of halogens is 1. The van der Waals surface area contributed by atoms with Crippen LogP contribution in [0.25, 0.3) is 0 Å². The lowest BCUT2D eigenvalue weighted by atomic mass is 9.81. The Labute approximate surface area is 110 Å². The molecule has 1 rings (SSSR count). The summed E-state index contributed by atoms with van der Waals surface area (Å²) in [7, 11) is 0. The van der Waals surface area contributed by atoms with E-state index >= 15 is 0 Å². The van der Waals surface area contributed by atoms with Crippen LogP contribution in [0.5, 0.6) is 0 Å². The van der Waals surface area contributed by atoms with Crippen LogP contribution in [0.2, 0.25) is 0 Å². The van der Waals surface area contributed by atoms with E-state index in [-0.39, 0.29) is 23.9 Å². The van der Waals surface area contributed by atoms with E-state index in [4.69, 9.17) is 11.6 Å². The van der Waals surface area contributed by atoms with Gasteiger partial charge in [0.05, 0.1) is 6.04 Å². The second-order valence-electron chi connectivity index (χ2n) is 5.55. The van der Waals surface area contributed by atoms with Crippen LogP contribution in [0, 0.1) is 5.92 Å². The maximum Gasteiger partial charge on any atom is 0.238 e. The number of hydrogen-bond acceptors (Lipinski definition) is 1. The van der Waals surface area contributed by atoms with Crippen LogP contribution >= 0.6 is 11.6 Å². The van der Waals surface area contributed by atoms with Crippen molar-refractivity contribution >= 4 is 17.5 Å². The number of allylic oxidation sites excluding steroid dienone is 1. The van der Waals surface area contributed by atoms with Crippen LogP contribution in [-0.4, -0.2) is 28.8 Å². The Bertz CT molecular complexity index is 322. The molecule has 2 nitrogen and oxygen atoms in total. The van der Waals surface area contributed by atoms with Gasteiger partial charge in [-0.2, -0.15) is 0 Å². The average Bonchev–Trinajstić information content (AvgIpc) is 2.24. The summed E-state index contributed by atoms with van der Waals surface area (Å²) < 4.78 is 0. The molecule has 0 aromatic heterocycles. The molecular formula is C14H24ClNO. The highest BCUT2D eigenvalue weighted by Gasteiger charge is 2.31. The van der Waals surface area contributed by atoms with Gasteiger partial charge in [0.25, 0.3) is 0 Å². The fourth-order valence-corrected chi connectivity index (χ4v) is 2.96. The number of carbonyl (C=O) groups is 1. The molecule has 2 atom stereocenters. The Morgan fingerprint density at radius 3 is 2.53 bits per heavy atom. The lowest BCUT2D eigenvalue weighted by molar-refractivity contribution is -0.132. The SMILES string of the molecule is CC1=C(C)C(N(C(=O)CCl)C(C)C)CC(C)C1. The van der Waals surface area contributed by atoms with Crippen molar-refractivity contribution in [3.8, 4) is 0 Å². The Hall–Kier alpha value is -0.500. The molecule has 1 aliphatic carbocycles. The van der Waals surface area contributed by atoms with E-state index in [1.54, 1.807) is 0 Å². The van der Waals surface area contributed by atoms with Crippen molar-refractivity contribution in [2.75, 3.05) is 5.88 Å². The van der Waals surface area contributed by atoms with Crippen LogP contribution in [0.3, 0.4) is 0 Å². The normalized spacial score (nSPS) is 25.4. The van der Waals surface area contributed by atoms with Crippen molar-refractivity contribution < 1.29 is 4.79 Å². The van der Waals surface area contributed by atoms with Gasteiger partial charge in [0.1, 0.15) is 5.88 Å². The van der Waals surface area contributed by atoms with Gasteiger partial charge in [-0.3, -0.25) is 4.79 Å². The van der Waals surface area contributed by atoms with E-state index in [0.29, 0.717) is 5.92 Å². The molecule has 0 aliphatic heterocycles. The zero-order chi connectivity index (χ0) is 13.2. The summed E-state index contributed by atoms with van der Waals surface area (Å²) in [5.41, 5.74) is 2.79. The van der Waals surface area contributed by atoms with E-state index in [9.17, 15) is 4.79 Å². The Balaban J connectivity index is 3.02. The lowest BCUT2D eigenvalue weighted by Gasteiger charge is -2.40. The molecule has 3 heteroatoms. The summed E-state index contributed by atoms with van der Waals surface area (Å²) in [4.78, 5) is 13.9. The number of nitrogens with zero attached hydrogens (tertiary/aromatic N) is 1. The molecule has 0 aromatic rings. The van der Waals surface area contributed by atoms with Crippen molar-refractivity contribution in [1.82, 2.24) is 4.90 Å². The Morgan fingerprint density at radius 2 is 2.06 bits per heavy atom. The molecule has 0 heterocycles. The second-order valence-corrected chi connectivity index (χ2v) is 5.82. The third-order valence-electron chi connectivity index (χ3n) is 3.75. The number of amides is 1. The molecule has 17 heavy (non-hydrogen) atoms. The first-order valence-corrected chi connectivity index (χ1v) is 6.95. The molecule has 0 saturated heterocycles. The monoisotopic (exact) mass is 257 g/mol. The lowest BCUT2D eigenvalue weighted by Crippen LogP contribution is -2.48. The molecule has 0 aromatic carbocycles. The van der Waals surface area contributed by atoms with Gasteiger partial charge in [0.15, 0.2) is 0 Å². The van der Waals surface area contributed by atoms with Gasteiger partial charge in [0, 0.05) is 6.04 Å². The fraction of sp³-hybridized carbons (Fsp3) is 0.786. The average molecular weight is 258 g/mol. The number of carbonyl (C=O) groups excluding carboxylic acids is 1. The van der Waals surface area contributed by atoms with Gasteiger partial charge in [-0.1, -0.05) is 18.1 Å². The highest BCUT2D eigenvalue weighted by atomic mass is 35.5. The molecular weight excluding hydrogens is 234 g/mol. The Kier molecular flexibility index (Phi) is 5.05. The fourth-order valence-electron chi connectivity index (χ4n) is 2.82. The maximum atomic E-state index is 12.0. The van der Waals surface area contributed by atoms with E-state index in [1.807, 2.05) is 4.90 Å². The number of hydrogen-bond donors (Lipinski definition) is 0. The molecule has 1 aliphatic rings. The van der Waals surface area contributed by atoms with E-state index in [2.05, 4.69) is 34.6 Å². The maximum absolute atomic E-state index is 12.0. The molecule has 0 spiro atoms. The summed E-state index contributed by atoms with van der Waals surface area (Å²) in [6.45, 7) is 10.7. The molecule has 2 unspecified atom stereocenters. The molecule has 98 valence electrons. The van der Waals surface area contributed by atoms with Crippen molar-refractivity contribution in [1.29, 1.82) is 0 Å². The van der Waals surface area contributed by atoms with Gasteiger partial charge in [-0.05, 0) is 46.5 Å². The molecule has 0 radical (unpaired) electrons. The van der Waals surface area contributed by atoms with Crippen molar-refractivity contribution in [3.05, 3.63) is 11.1 Å². The standard InChI is InChI=1S/C14H24ClNO/c1-9(2)16(14(17)8-15)13-7-10(3)6-11(4)12(13)5/h9-10,13H,6-8H2,1-5H3. The highest BCUT2D eigenvalue weighted by Crippen LogP contribution is 2.33. The zero-order valence-corrected chi connectivity index (χ0v) is 12.3. The molecule has 0 N–H and O–H groups in total. The minimum absolute atomic E-state index is 0.0490. The minimum atomic E-state index is 0.0490. The largest absolute Gasteiger partial charge is 0.333 e. The highest BCUT2D eigenvalue weighted by molar-refractivity contribution is 6.27. The van der Waals surface area contributed by atoms with E-state index in [0.717, 1.165) is 12.8 Å². The topological polar surface area (TPSA) is 20.3 Å². The van der Waals surface area contributed by atoms with Gasteiger partial charge in [0.2, 0.25) is 5.91 Å².